The third kappa shape index (κ3) is 3.05. The van der Waals surface area contributed by atoms with Crippen molar-refractivity contribution in [3.63, 3.8) is 0 Å². The van der Waals surface area contributed by atoms with E-state index in [0.717, 1.165) is 29.3 Å². The summed E-state index contributed by atoms with van der Waals surface area (Å²) < 4.78 is 6.83. The summed E-state index contributed by atoms with van der Waals surface area (Å²) in [7, 11) is 1.67. The molecule has 1 aromatic carbocycles. The molecule has 26 heavy (non-hydrogen) atoms. The van der Waals surface area contributed by atoms with Gasteiger partial charge in [0.25, 0.3) is 0 Å². The monoisotopic (exact) mass is 372 g/mol. The molecule has 0 bridgehead atoms. The maximum absolute atomic E-state index is 10.8. The van der Waals surface area contributed by atoms with Crippen LogP contribution in [0.3, 0.4) is 0 Å². The van der Waals surface area contributed by atoms with Crippen molar-refractivity contribution in [1.29, 1.82) is 0 Å². The second-order valence-corrected chi connectivity index (χ2v) is 8.33. The third-order valence-electron chi connectivity index (χ3n) is 5.08. The lowest BCUT2D eigenvalue weighted by Crippen LogP contribution is -2.41. The molecule has 4 rings (SSSR count). The minimum absolute atomic E-state index is 0.0143. The highest BCUT2D eigenvalue weighted by Crippen LogP contribution is 2.42. The Balaban J connectivity index is 1.80. The Morgan fingerprint density at radius 2 is 1.88 bits per heavy atom. The SMILES string of the molecule is COc1ccc(C(c2sc3ncnn3c2O)N2CC(C)CC(C)C2)cc1. The van der Waals surface area contributed by atoms with Gasteiger partial charge in [0.15, 0.2) is 0 Å². The van der Waals surface area contributed by atoms with Crippen LogP contribution in [0.25, 0.3) is 4.96 Å². The molecule has 7 heteroatoms. The fraction of sp³-hybridized carbons (Fsp3) is 0.474. The van der Waals surface area contributed by atoms with Gasteiger partial charge in [0.2, 0.25) is 10.8 Å². The molecular formula is C19H24N4O2S. The van der Waals surface area contributed by atoms with Gasteiger partial charge in [0, 0.05) is 13.1 Å². The van der Waals surface area contributed by atoms with E-state index in [4.69, 9.17) is 4.74 Å². The standard InChI is InChI=1S/C19H24N4O2S/c1-12-8-13(2)10-22(9-12)16(14-4-6-15(25-3)7-5-14)17-18(24)23-19(26-17)20-11-21-23/h4-7,11-13,16,24H,8-10H2,1-3H3. The van der Waals surface area contributed by atoms with Crippen molar-refractivity contribution < 1.29 is 9.84 Å². The van der Waals surface area contributed by atoms with Crippen LogP contribution in [0.1, 0.15) is 36.8 Å². The number of hydrogen-bond acceptors (Lipinski definition) is 6. The van der Waals surface area contributed by atoms with Gasteiger partial charge in [-0.05, 0) is 36.0 Å². The molecule has 0 radical (unpaired) electrons. The van der Waals surface area contributed by atoms with Crippen molar-refractivity contribution in [1.82, 2.24) is 19.5 Å². The normalized spacial score (nSPS) is 22.6. The summed E-state index contributed by atoms with van der Waals surface area (Å²) in [5.41, 5.74) is 1.15. The molecule has 1 saturated heterocycles. The maximum Gasteiger partial charge on any atom is 0.230 e. The summed E-state index contributed by atoms with van der Waals surface area (Å²) >= 11 is 1.51. The van der Waals surface area contributed by atoms with Crippen LogP contribution >= 0.6 is 11.3 Å². The second-order valence-electron chi connectivity index (χ2n) is 7.32. The van der Waals surface area contributed by atoms with Crippen molar-refractivity contribution in [2.45, 2.75) is 26.3 Å². The number of ether oxygens (including phenoxy) is 1. The Morgan fingerprint density at radius 3 is 2.50 bits per heavy atom. The minimum Gasteiger partial charge on any atom is -0.497 e. The Bertz CT molecular complexity index is 879. The van der Waals surface area contributed by atoms with Gasteiger partial charge in [-0.1, -0.05) is 37.3 Å². The highest BCUT2D eigenvalue weighted by atomic mass is 32.1. The van der Waals surface area contributed by atoms with E-state index in [2.05, 4.69) is 41.0 Å². The van der Waals surface area contributed by atoms with E-state index in [1.807, 2.05) is 12.1 Å². The number of piperidine rings is 1. The molecule has 2 aromatic heterocycles. The minimum atomic E-state index is -0.0143. The van der Waals surface area contributed by atoms with Gasteiger partial charge in [-0.3, -0.25) is 4.90 Å². The molecule has 3 atom stereocenters. The number of hydrogen-bond donors (Lipinski definition) is 1. The first-order chi connectivity index (χ1) is 12.6. The Labute approximate surface area is 157 Å². The number of methoxy groups -OCH3 is 1. The number of aromatic hydroxyl groups is 1. The number of nitrogens with zero attached hydrogens (tertiary/aromatic N) is 4. The largest absolute Gasteiger partial charge is 0.497 e. The van der Waals surface area contributed by atoms with Crippen LogP contribution in [-0.2, 0) is 0 Å². The molecule has 0 aliphatic carbocycles. The van der Waals surface area contributed by atoms with E-state index in [1.165, 1.54) is 28.6 Å². The summed E-state index contributed by atoms with van der Waals surface area (Å²) in [4.78, 5) is 8.34. The van der Waals surface area contributed by atoms with Crippen LogP contribution in [0.2, 0.25) is 0 Å². The zero-order chi connectivity index (χ0) is 18.3. The molecule has 0 amide bonds. The summed E-state index contributed by atoms with van der Waals surface area (Å²) in [5, 5.41) is 14.9. The lowest BCUT2D eigenvalue weighted by molar-refractivity contribution is 0.112. The summed E-state index contributed by atoms with van der Waals surface area (Å²) in [6.07, 6.45) is 2.72. The molecular weight excluding hydrogens is 348 g/mol. The molecule has 1 aliphatic rings. The fourth-order valence-electron chi connectivity index (χ4n) is 4.11. The Morgan fingerprint density at radius 1 is 1.19 bits per heavy atom. The van der Waals surface area contributed by atoms with Crippen molar-refractivity contribution in [2.75, 3.05) is 20.2 Å². The number of rotatable bonds is 4. The average molecular weight is 372 g/mol. The molecule has 1 fully saturated rings. The third-order valence-corrected chi connectivity index (χ3v) is 6.17. The highest BCUT2D eigenvalue weighted by Gasteiger charge is 2.33. The van der Waals surface area contributed by atoms with Crippen LogP contribution in [0.5, 0.6) is 11.6 Å². The topological polar surface area (TPSA) is 62.9 Å². The molecule has 3 unspecified atom stereocenters. The summed E-state index contributed by atoms with van der Waals surface area (Å²) in [6.45, 7) is 6.62. The van der Waals surface area contributed by atoms with E-state index in [0.29, 0.717) is 16.8 Å². The van der Waals surface area contributed by atoms with Crippen molar-refractivity contribution in [2.24, 2.45) is 11.8 Å². The van der Waals surface area contributed by atoms with Gasteiger partial charge in [-0.25, -0.2) is 4.98 Å². The van der Waals surface area contributed by atoms with Gasteiger partial charge < -0.3 is 9.84 Å². The first-order valence-electron chi connectivity index (χ1n) is 8.96. The average Bonchev–Trinajstić information content (AvgIpc) is 3.19. The predicted molar refractivity (Wildman–Crippen MR) is 102 cm³/mol. The van der Waals surface area contributed by atoms with E-state index in [1.54, 1.807) is 7.11 Å². The Kier molecular flexibility index (Phi) is 4.58. The highest BCUT2D eigenvalue weighted by molar-refractivity contribution is 7.17. The number of aromatic nitrogens is 3. The van der Waals surface area contributed by atoms with Gasteiger partial charge in [-0.15, -0.1) is 0 Å². The number of fused-ring (bicyclic) bond motifs is 1. The zero-order valence-corrected chi connectivity index (χ0v) is 16.1. The quantitative estimate of drug-likeness (QED) is 0.758. The van der Waals surface area contributed by atoms with Crippen LogP contribution in [0, 0.1) is 11.8 Å². The lowest BCUT2D eigenvalue weighted by atomic mass is 9.89. The number of benzene rings is 1. The van der Waals surface area contributed by atoms with Crippen molar-refractivity contribution in [3.05, 3.63) is 41.0 Å². The molecule has 0 saturated carbocycles. The van der Waals surface area contributed by atoms with Crippen LogP contribution < -0.4 is 4.74 Å². The molecule has 1 N–H and O–H groups in total. The first-order valence-corrected chi connectivity index (χ1v) is 9.78. The molecule has 3 aromatic rings. The molecule has 1 aliphatic heterocycles. The second kappa shape index (κ2) is 6.89. The van der Waals surface area contributed by atoms with Crippen molar-refractivity contribution >= 4 is 16.3 Å². The first kappa shape index (κ1) is 17.3. The molecule has 3 heterocycles. The van der Waals surface area contributed by atoms with E-state index >= 15 is 0 Å². The van der Waals surface area contributed by atoms with Crippen LogP contribution in [0.15, 0.2) is 30.6 Å². The van der Waals surface area contributed by atoms with E-state index in [-0.39, 0.29) is 11.9 Å². The maximum atomic E-state index is 10.8. The number of thiazole rings is 1. The lowest BCUT2D eigenvalue weighted by Gasteiger charge is -2.40. The van der Waals surface area contributed by atoms with Gasteiger partial charge in [0.1, 0.15) is 12.1 Å². The summed E-state index contributed by atoms with van der Waals surface area (Å²) in [6, 6.07) is 8.12. The predicted octanol–water partition coefficient (Wildman–Crippen LogP) is 3.57. The molecule has 0 spiro atoms. The van der Waals surface area contributed by atoms with Crippen LogP contribution in [0.4, 0.5) is 0 Å². The van der Waals surface area contributed by atoms with E-state index in [9.17, 15) is 5.11 Å². The van der Waals surface area contributed by atoms with Gasteiger partial charge in [-0.2, -0.15) is 9.61 Å². The Hall–Kier alpha value is -2.12. The van der Waals surface area contributed by atoms with Crippen molar-refractivity contribution in [3.8, 4) is 11.6 Å². The number of likely N-dealkylation sites (tertiary alicyclic amines) is 1. The molecule has 138 valence electrons. The van der Waals surface area contributed by atoms with Gasteiger partial charge >= 0.3 is 0 Å². The summed E-state index contributed by atoms with van der Waals surface area (Å²) in [5.74, 6) is 2.28. The van der Waals surface area contributed by atoms with Crippen LogP contribution in [-0.4, -0.2) is 44.8 Å². The molecule has 6 nitrogen and oxygen atoms in total. The van der Waals surface area contributed by atoms with Gasteiger partial charge in [0.05, 0.1) is 18.0 Å². The smallest absolute Gasteiger partial charge is 0.230 e. The zero-order valence-electron chi connectivity index (χ0n) is 15.3. The fourth-order valence-corrected chi connectivity index (χ4v) is 5.20. The van der Waals surface area contributed by atoms with E-state index < -0.39 is 0 Å².